The fourth-order valence-corrected chi connectivity index (χ4v) is 1.78. The quantitative estimate of drug-likeness (QED) is 0.671. The van der Waals surface area contributed by atoms with Crippen LogP contribution in [-0.4, -0.2) is 35.3 Å². The van der Waals surface area contributed by atoms with Crippen LogP contribution >= 0.6 is 0 Å². The fourth-order valence-electron chi connectivity index (χ4n) is 1.78. The lowest BCUT2D eigenvalue weighted by atomic mass is 10.2. The van der Waals surface area contributed by atoms with E-state index in [1.807, 2.05) is 6.07 Å². The summed E-state index contributed by atoms with van der Waals surface area (Å²) in [5.41, 5.74) is 3.38. The molecule has 7 nitrogen and oxygen atoms in total. The summed E-state index contributed by atoms with van der Waals surface area (Å²) in [4.78, 5) is 19.4. The number of benzene rings is 1. The summed E-state index contributed by atoms with van der Waals surface area (Å²) in [7, 11) is 0. The molecule has 2 heterocycles. The molecule has 21 heavy (non-hydrogen) atoms. The lowest BCUT2D eigenvalue weighted by molar-refractivity contribution is 0.0949. The second-order valence-corrected chi connectivity index (χ2v) is 4.19. The lowest BCUT2D eigenvalue weighted by Gasteiger charge is -2.18. The van der Waals surface area contributed by atoms with Gasteiger partial charge in [-0.15, -0.1) is 0 Å². The van der Waals surface area contributed by atoms with E-state index in [9.17, 15) is 4.79 Å². The van der Waals surface area contributed by atoms with Gasteiger partial charge in [-0.3, -0.25) is 9.78 Å². The number of carbonyl (C=O) groups is 1. The number of ether oxygens (including phenoxy) is 2. The first-order valence-electron chi connectivity index (χ1n) is 6.32. The minimum Gasteiger partial charge on any atom is -0.486 e. The van der Waals surface area contributed by atoms with Crippen molar-refractivity contribution in [2.45, 2.75) is 0 Å². The van der Waals surface area contributed by atoms with Crippen LogP contribution < -0.4 is 14.9 Å². The van der Waals surface area contributed by atoms with Crippen LogP contribution in [-0.2, 0) is 0 Å². The highest BCUT2D eigenvalue weighted by atomic mass is 16.6. The topological polar surface area (TPSA) is 85.7 Å². The Morgan fingerprint density at radius 3 is 2.90 bits per heavy atom. The Morgan fingerprint density at radius 1 is 1.24 bits per heavy atom. The average molecular weight is 284 g/mol. The highest BCUT2D eigenvalue weighted by Gasteiger charge is 2.11. The molecule has 0 aliphatic carbocycles. The third-order valence-corrected chi connectivity index (χ3v) is 2.74. The van der Waals surface area contributed by atoms with Crippen LogP contribution in [0.1, 0.15) is 16.1 Å². The van der Waals surface area contributed by atoms with Crippen LogP contribution in [0.15, 0.2) is 41.9 Å². The zero-order valence-corrected chi connectivity index (χ0v) is 11.0. The van der Waals surface area contributed by atoms with E-state index in [4.69, 9.17) is 9.47 Å². The van der Waals surface area contributed by atoms with Gasteiger partial charge in [0.1, 0.15) is 18.9 Å². The number of hydrogen-bond acceptors (Lipinski definition) is 6. The van der Waals surface area contributed by atoms with Gasteiger partial charge in [-0.2, -0.15) is 5.10 Å². The van der Waals surface area contributed by atoms with Crippen molar-refractivity contribution in [3.05, 3.63) is 48.0 Å². The van der Waals surface area contributed by atoms with Crippen molar-refractivity contribution in [3.8, 4) is 11.5 Å². The molecule has 0 atom stereocenters. The Balaban J connectivity index is 1.65. The summed E-state index contributed by atoms with van der Waals surface area (Å²) in [6.45, 7) is 1.08. The third-order valence-electron chi connectivity index (χ3n) is 2.74. The summed E-state index contributed by atoms with van der Waals surface area (Å²) in [6, 6.07) is 5.43. The van der Waals surface area contributed by atoms with Crippen molar-refractivity contribution in [1.82, 2.24) is 15.4 Å². The largest absolute Gasteiger partial charge is 0.486 e. The summed E-state index contributed by atoms with van der Waals surface area (Å²) in [5, 5.41) is 3.88. The van der Waals surface area contributed by atoms with Crippen LogP contribution in [0.5, 0.6) is 11.5 Å². The maximum atomic E-state index is 11.7. The van der Waals surface area contributed by atoms with Crippen molar-refractivity contribution in [2.24, 2.45) is 5.10 Å². The molecule has 0 bridgehead atoms. The Morgan fingerprint density at radius 2 is 2.10 bits per heavy atom. The fraction of sp³-hybridized carbons (Fsp3) is 0.143. The van der Waals surface area contributed by atoms with Gasteiger partial charge in [0.15, 0.2) is 11.5 Å². The number of aromatic nitrogens is 2. The molecular weight excluding hydrogens is 272 g/mol. The Kier molecular flexibility index (Phi) is 3.72. The smallest absolute Gasteiger partial charge is 0.291 e. The first-order valence-corrected chi connectivity index (χ1v) is 6.32. The van der Waals surface area contributed by atoms with Crippen LogP contribution in [0, 0.1) is 0 Å². The molecule has 3 rings (SSSR count). The van der Waals surface area contributed by atoms with E-state index in [1.165, 1.54) is 24.8 Å². The highest BCUT2D eigenvalue weighted by molar-refractivity contribution is 5.92. The maximum absolute atomic E-state index is 11.7. The van der Waals surface area contributed by atoms with Gasteiger partial charge >= 0.3 is 0 Å². The van der Waals surface area contributed by atoms with Gasteiger partial charge in [0.2, 0.25) is 0 Å². The van der Waals surface area contributed by atoms with E-state index in [0.717, 1.165) is 5.56 Å². The highest BCUT2D eigenvalue weighted by Crippen LogP contribution is 2.30. The van der Waals surface area contributed by atoms with Gasteiger partial charge in [0.25, 0.3) is 5.91 Å². The molecule has 7 heteroatoms. The second kappa shape index (κ2) is 6.00. The number of rotatable bonds is 3. The molecule has 0 saturated heterocycles. The van der Waals surface area contributed by atoms with Crippen molar-refractivity contribution in [2.75, 3.05) is 13.2 Å². The molecule has 1 N–H and O–H groups in total. The van der Waals surface area contributed by atoms with Crippen molar-refractivity contribution >= 4 is 12.1 Å². The number of carbonyl (C=O) groups excluding carboxylic acids is 1. The molecule has 1 aliphatic heterocycles. The number of amides is 1. The molecule has 0 spiro atoms. The SMILES string of the molecule is O=C(N/N=C\c1ccc2c(c1)OCCO2)c1cnccn1. The minimum absolute atomic E-state index is 0.205. The Bertz CT molecular complexity index is 673. The van der Waals surface area contributed by atoms with E-state index in [-0.39, 0.29) is 5.69 Å². The van der Waals surface area contributed by atoms with Crippen molar-refractivity contribution < 1.29 is 14.3 Å². The Hall–Kier alpha value is -2.96. The van der Waals surface area contributed by atoms with Crippen LogP contribution in [0.3, 0.4) is 0 Å². The first-order chi connectivity index (χ1) is 10.3. The van der Waals surface area contributed by atoms with E-state index in [2.05, 4.69) is 20.5 Å². The molecule has 1 aliphatic rings. The maximum Gasteiger partial charge on any atom is 0.291 e. The van der Waals surface area contributed by atoms with Gasteiger partial charge in [0.05, 0.1) is 12.4 Å². The molecule has 0 saturated carbocycles. The first kappa shape index (κ1) is 13.0. The molecule has 1 amide bonds. The molecule has 0 unspecified atom stereocenters. The third kappa shape index (κ3) is 3.14. The van der Waals surface area contributed by atoms with Gasteiger partial charge in [-0.05, 0) is 23.8 Å². The van der Waals surface area contributed by atoms with E-state index >= 15 is 0 Å². The van der Waals surface area contributed by atoms with Gasteiger partial charge in [0, 0.05) is 12.4 Å². The molecule has 0 radical (unpaired) electrons. The minimum atomic E-state index is -0.420. The number of nitrogens with zero attached hydrogens (tertiary/aromatic N) is 3. The Labute approximate surface area is 120 Å². The van der Waals surface area contributed by atoms with Crippen molar-refractivity contribution in [1.29, 1.82) is 0 Å². The molecule has 1 aromatic heterocycles. The normalized spacial score (nSPS) is 13.1. The monoisotopic (exact) mass is 284 g/mol. The van der Waals surface area contributed by atoms with E-state index in [0.29, 0.717) is 24.7 Å². The number of hydrogen-bond donors (Lipinski definition) is 1. The van der Waals surface area contributed by atoms with Gasteiger partial charge in [-0.25, -0.2) is 10.4 Å². The van der Waals surface area contributed by atoms with Crippen molar-refractivity contribution in [3.63, 3.8) is 0 Å². The standard InChI is InChI=1S/C14H12N4O3/c19-14(11-9-15-3-4-16-11)18-17-8-10-1-2-12-13(7-10)21-6-5-20-12/h1-4,7-9H,5-6H2,(H,18,19)/b17-8-. The molecule has 106 valence electrons. The molecule has 1 aromatic carbocycles. The molecular formula is C14H12N4O3. The number of nitrogens with one attached hydrogen (secondary N) is 1. The predicted octanol–water partition coefficient (Wildman–Crippen LogP) is 1.01. The van der Waals surface area contributed by atoms with Crippen LogP contribution in [0.4, 0.5) is 0 Å². The summed E-state index contributed by atoms with van der Waals surface area (Å²) in [5.74, 6) is 0.962. The van der Waals surface area contributed by atoms with Crippen LogP contribution in [0.25, 0.3) is 0 Å². The van der Waals surface area contributed by atoms with Gasteiger partial charge < -0.3 is 9.47 Å². The van der Waals surface area contributed by atoms with E-state index < -0.39 is 5.91 Å². The number of hydrazone groups is 1. The number of fused-ring (bicyclic) bond motifs is 1. The predicted molar refractivity (Wildman–Crippen MR) is 74.5 cm³/mol. The van der Waals surface area contributed by atoms with Gasteiger partial charge in [-0.1, -0.05) is 0 Å². The van der Waals surface area contributed by atoms with Crippen LogP contribution in [0.2, 0.25) is 0 Å². The lowest BCUT2D eigenvalue weighted by Crippen LogP contribution is -2.19. The van der Waals surface area contributed by atoms with E-state index in [1.54, 1.807) is 12.1 Å². The molecule has 0 fully saturated rings. The average Bonchev–Trinajstić information content (AvgIpc) is 2.55. The zero-order valence-electron chi connectivity index (χ0n) is 11.0. The summed E-state index contributed by atoms with van der Waals surface area (Å²) >= 11 is 0. The summed E-state index contributed by atoms with van der Waals surface area (Å²) in [6.07, 6.45) is 5.83. The zero-order chi connectivity index (χ0) is 14.5. The molecule has 2 aromatic rings. The second-order valence-electron chi connectivity index (χ2n) is 4.19. The summed E-state index contributed by atoms with van der Waals surface area (Å²) < 4.78 is 10.9.